The summed E-state index contributed by atoms with van der Waals surface area (Å²) >= 11 is 0. The van der Waals surface area contributed by atoms with Crippen LogP contribution in [0.25, 0.3) is 5.69 Å². The largest absolute Gasteiger partial charge is 0.486 e. The van der Waals surface area contributed by atoms with E-state index in [-0.39, 0.29) is 30.9 Å². The quantitative estimate of drug-likeness (QED) is 0.489. The average molecular weight is 560 g/mol. The number of amides is 1. The van der Waals surface area contributed by atoms with Crippen LogP contribution in [0.15, 0.2) is 47.4 Å². The molecule has 212 valence electrons. The number of allylic oxidation sites excluding steroid dienone is 1. The third-order valence-corrected chi connectivity index (χ3v) is 8.26. The van der Waals surface area contributed by atoms with E-state index in [1.807, 2.05) is 42.2 Å². The second-order valence-corrected chi connectivity index (χ2v) is 12.5. The van der Waals surface area contributed by atoms with E-state index >= 15 is 0 Å². The van der Waals surface area contributed by atoms with Crippen molar-refractivity contribution < 1.29 is 22.7 Å². The van der Waals surface area contributed by atoms with Crippen LogP contribution in [-0.4, -0.2) is 77.8 Å². The number of nitrogens with zero attached hydrogens (tertiary/aromatic N) is 5. The third kappa shape index (κ3) is 6.80. The number of carbonyl (C=O) groups is 1. The molecule has 39 heavy (non-hydrogen) atoms. The lowest BCUT2D eigenvalue weighted by molar-refractivity contribution is 0.0395. The molecule has 12 heteroatoms. The lowest BCUT2D eigenvalue weighted by Crippen LogP contribution is -2.55. The van der Waals surface area contributed by atoms with Crippen LogP contribution < -0.4 is 15.2 Å². The van der Waals surface area contributed by atoms with E-state index in [1.54, 1.807) is 33.0 Å². The van der Waals surface area contributed by atoms with Crippen molar-refractivity contribution in [3.8, 4) is 11.4 Å². The maximum absolute atomic E-state index is 13.5. The number of benzene rings is 1. The summed E-state index contributed by atoms with van der Waals surface area (Å²) in [6.45, 7) is 8.10. The minimum absolute atomic E-state index is 0.112. The first-order valence-electron chi connectivity index (χ1n) is 13.2. The van der Waals surface area contributed by atoms with Gasteiger partial charge in [-0.2, -0.15) is 26.8 Å². The number of carbonyl (C=O) groups excluding carboxylic acids is 1. The van der Waals surface area contributed by atoms with Gasteiger partial charge in [-0.25, -0.2) is 4.79 Å². The van der Waals surface area contributed by atoms with E-state index in [1.165, 1.54) is 8.99 Å². The molecule has 0 aliphatic carbocycles. The number of hydrogen-bond donors (Lipinski definition) is 0. The Morgan fingerprint density at radius 1 is 1.08 bits per heavy atom. The van der Waals surface area contributed by atoms with E-state index in [2.05, 4.69) is 5.10 Å². The van der Waals surface area contributed by atoms with Gasteiger partial charge in [-0.1, -0.05) is 24.3 Å². The van der Waals surface area contributed by atoms with Crippen LogP contribution in [-0.2, 0) is 14.9 Å². The number of hydrogen-bond acceptors (Lipinski definition) is 8. The van der Waals surface area contributed by atoms with Crippen molar-refractivity contribution in [1.29, 1.82) is 0 Å². The van der Waals surface area contributed by atoms with Gasteiger partial charge in [0.2, 0.25) is 5.75 Å². The highest BCUT2D eigenvalue weighted by molar-refractivity contribution is 7.87. The molecule has 1 saturated heterocycles. The van der Waals surface area contributed by atoms with Crippen molar-refractivity contribution in [2.75, 3.05) is 44.2 Å². The lowest BCUT2D eigenvalue weighted by atomic mass is 10.2. The Balaban J connectivity index is 1.66. The van der Waals surface area contributed by atoms with E-state index in [9.17, 15) is 18.0 Å². The lowest BCUT2D eigenvalue weighted by Gasteiger charge is -2.37. The van der Waals surface area contributed by atoms with Crippen LogP contribution in [0.5, 0.6) is 5.75 Å². The van der Waals surface area contributed by atoms with Crippen LogP contribution in [0.1, 0.15) is 45.6 Å². The highest BCUT2D eigenvalue weighted by atomic mass is 32.2. The zero-order valence-corrected chi connectivity index (χ0v) is 23.8. The number of anilines is 1. The first-order valence-corrected chi connectivity index (χ1v) is 14.6. The van der Waals surface area contributed by atoms with Crippen molar-refractivity contribution in [3.63, 3.8) is 0 Å². The molecule has 1 amide bonds. The number of piperazine rings is 1. The molecule has 3 aliphatic rings. The van der Waals surface area contributed by atoms with Crippen molar-refractivity contribution in [3.05, 3.63) is 58.5 Å². The standard InChI is InChI=1S/C27H37N5O6S/c1-21-11-10-12-22(19-21)32-25(33)24-23(20-28-32)29-14-16-30(17-15-29)39(35,36)31(26(34)38-27(2,3)4)13-8-6-5-7-9-18-37-24/h6,8,10-12,19-20H,5,7,9,13-18H2,1-4H3/b8-6+. The van der Waals surface area contributed by atoms with E-state index in [0.717, 1.165) is 16.3 Å². The van der Waals surface area contributed by atoms with E-state index < -0.39 is 21.9 Å². The summed E-state index contributed by atoms with van der Waals surface area (Å²) in [7, 11) is -4.14. The van der Waals surface area contributed by atoms with Gasteiger partial charge in [0.25, 0.3) is 0 Å². The Bertz CT molecular complexity index is 1370. The molecule has 5 rings (SSSR count). The molecule has 2 aromatic rings. The van der Waals surface area contributed by atoms with Gasteiger partial charge in [-0.3, -0.25) is 4.79 Å². The molecule has 0 atom stereocenters. The summed E-state index contributed by atoms with van der Waals surface area (Å²) in [6, 6.07) is 7.50. The van der Waals surface area contributed by atoms with Gasteiger partial charge in [-0.05, 0) is 64.7 Å². The number of rotatable bonds is 1. The molecule has 3 aliphatic heterocycles. The molecule has 0 N–H and O–H groups in total. The molecular formula is C27H37N5O6S. The maximum atomic E-state index is 13.5. The molecule has 4 heterocycles. The summed E-state index contributed by atoms with van der Waals surface area (Å²) in [5.74, 6) is 0.195. The number of ether oxygens (including phenoxy) is 2. The molecule has 11 nitrogen and oxygen atoms in total. The van der Waals surface area contributed by atoms with Gasteiger partial charge in [-0.15, -0.1) is 0 Å². The molecule has 0 saturated carbocycles. The van der Waals surface area contributed by atoms with Crippen molar-refractivity contribution in [2.45, 2.75) is 52.6 Å². The maximum Gasteiger partial charge on any atom is 0.425 e. The molecule has 0 radical (unpaired) electrons. The van der Waals surface area contributed by atoms with Crippen LogP contribution in [0, 0.1) is 6.92 Å². The third-order valence-electron chi connectivity index (χ3n) is 6.39. The van der Waals surface area contributed by atoms with Crippen molar-refractivity contribution in [1.82, 2.24) is 18.4 Å². The summed E-state index contributed by atoms with van der Waals surface area (Å²) in [5, 5.41) is 4.42. The molecular weight excluding hydrogens is 522 g/mol. The Labute approximate surface area is 229 Å². The Kier molecular flexibility index (Phi) is 8.65. The molecule has 0 spiro atoms. The predicted molar refractivity (Wildman–Crippen MR) is 149 cm³/mol. The normalized spacial score (nSPS) is 19.7. The summed E-state index contributed by atoms with van der Waals surface area (Å²) in [6.07, 6.45) is 6.33. The minimum atomic E-state index is -4.14. The van der Waals surface area contributed by atoms with Crippen molar-refractivity contribution >= 4 is 22.0 Å². The Hall–Kier alpha value is -3.38. The highest BCUT2D eigenvalue weighted by Gasteiger charge is 2.38. The summed E-state index contributed by atoms with van der Waals surface area (Å²) < 4.78 is 41.9. The summed E-state index contributed by atoms with van der Waals surface area (Å²) in [4.78, 5) is 28.4. The van der Waals surface area contributed by atoms with Crippen LogP contribution in [0.4, 0.5) is 10.5 Å². The fourth-order valence-electron chi connectivity index (χ4n) is 4.44. The van der Waals surface area contributed by atoms with Crippen LogP contribution >= 0.6 is 0 Å². The smallest absolute Gasteiger partial charge is 0.425 e. The number of aromatic nitrogens is 2. The monoisotopic (exact) mass is 559 g/mol. The first-order chi connectivity index (χ1) is 18.5. The second-order valence-electron chi connectivity index (χ2n) is 10.6. The van der Waals surface area contributed by atoms with Gasteiger partial charge in [0.05, 0.1) is 25.0 Å². The molecule has 1 aromatic heterocycles. The zero-order valence-electron chi connectivity index (χ0n) is 23.0. The van der Waals surface area contributed by atoms with Gasteiger partial charge in [0.15, 0.2) is 0 Å². The Morgan fingerprint density at radius 3 is 2.51 bits per heavy atom. The van der Waals surface area contributed by atoms with Crippen molar-refractivity contribution in [2.24, 2.45) is 0 Å². The van der Waals surface area contributed by atoms with Gasteiger partial charge >= 0.3 is 21.9 Å². The predicted octanol–water partition coefficient (Wildman–Crippen LogP) is 3.26. The highest BCUT2D eigenvalue weighted by Crippen LogP contribution is 2.27. The van der Waals surface area contributed by atoms with Crippen LogP contribution in [0.2, 0.25) is 0 Å². The first kappa shape index (κ1) is 28.6. The SMILES string of the molecule is Cc1cccc(-n2ncc3c(c2=O)OCCCC/C=C/CN(C(=O)OC(C)(C)C)S(=O)(=O)N2CCN3CC2)c1. The molecule has 1 fully saturated rings. The van der Waals surface area contributed by atoms with E-state index in [4.69, 9.17) is 9.47 Å². The Morgan fingerprint density at radius 2 is 1.82 bits per heavy atom. The second kappa shape index (κ2) is 11.8. The fraction of sp³-hybridized carbons (Fsp3) is 0.519. The zero-order chi connectivity index (χ0) is 28.2. The fourth-order valence-corrected chi connectivity index (χ4v) is 5.84. The molecule has 2 bridgehead atoms. The minimum Gasteiger partial charge on any atom is -0.486 e. The number of aryl methyl sites for hydroxylation is 1. The van der Waals surface area contributed by atoms with E-state index in [0.29, 0.717) is 43.9 Å². The summed E-state index contributed by atoms with van der Waals surface area (Å²) in [5.41, 5.74) is 0.954. The topological polar surface area (TPSA) is 114 Å². The van der Waals surface area contributed by atoms with Gasteiger partial charge < -0.3 is 14.4 Å². The van der Waals surface area contributed by atoms with Gasteiger partial charge in [0, 0.05) is 26.2 Å². The molecule has 0 unspecified atom stereocenters. The average Bonchev–Trinajstić information content (AvgIpc) is 2.86. The number of fused-ring (bicyclic) bond motifs is 10. The molecule has 1 aromatic carbocycles. The van der Waals surface area contributed by atoms with Gasteiger partial charge in [0.1, 0.15) is 11.3 Å². The van der Waals surface area contributed by atoms with Crippen LogP contribution in [0.3, 0.4) is 0 Å².